The van der Waals surface area contributed by atoms with E-state index in [1.165, 1.54) is 88.8 Å². The van der Waals surface area contributed by atoms with E-state index in [4.69, 9.17) is 14.2 Å². The molecule has 1 aliphatic heterocycles. The number of aliphatic hydroxyl groups is 1. The third-order valence-corrected chi connectivity index (χ3v) is 14.8. The molecular formula is C55H107N3O7S. The number of thioether (sulfide) groups is 1. The van der Waals surface area contributed by atoms with Crippen LogP contribution in [0.4, 0.5) is 0 Å². The number of aliphatic hydroxyl groups excluding tert-OH is 1. The predicted octanol–water partition coefficient (Wildman–Crippen LogP) is 12.9. The highest BCUT2D eigenvalue weighted by Crippen LogP contribution is 2.31. The molecule has 0 amide bonds. The molecule has 1 rings (SSSR count). The fourth-order valence-electron chi connectivity index (χ4n) is 9.03. The number of ether oxygens (including phenoxy) is 3. The van der Waals surface area contributed by atoms with Gasteiger partial charge in [-0.3, -0.25) is 9.59 Å². The third kappa shape index (κ3) is 34.0. The minimum Gasteiger partial charge on any atom is -0.463 e. The van der Waals surface area contributed by atoms with Crippen molar-refractivity contribution in [2.45, 2.75) is 269 Å². The van der Waals surface area contributed by atoms with E-state index in [1.807, 2.05) is 13.8 Å². The van der Waals surface area contributed by atoms with Gasteiger partial charge < -0.3 is 34.0 Å². The van der Waals surface area contributed by atoms with E-state index >= 15 is 0 Å². The lowest BCUT2D eigenvalue weighted by Gasteiger charge is -2.33. The normalized spacial score (nSPS) is 15.5. The molecule has 1 saturated heterocycles. The number of nitrogens with zero attached hydrogens (tertiary/aromatic N) is 3. The Hall–Kier alpha value is -1.40. The topological polar surface area (TPSA) is 109 Å². The molecule has 1 aliphatic rings. The highest BCUT2D eigenvalue weighted by Gasteiger charge is 2.36. The van der Waals surface area contributed by atoms with E-state index in [2.05, 4.69) is 49.4 Å². The van der Waals surface area contributed by atoms with Gasteiger partial charge in [0, 0.05) is 39.1 Å². The molecule has 10 nitrogen and oxygen atoms in total. The van der Waals surface area contributed by atoms with Crippen LogP contribution in [-0.2, 0) is 28.6 Å². The highest BCUT2D eigenvalue weighted by molar-refractivity contribution is 8.01. The number of esters is 3. The Kier molecular flexibility index (Phi) is 41.4. The summed E-state index contributed by atoms with van der Waals surface area (Å²) >= 11 is 1.42. The summed E-state index contributed by atoms with van der Waals surface area (Å²) in [5.74, 6) is -1.18. The van der Waals surface area contributed by atoms with Gasteiger partial charge in [-0.05, 0) is 91.4 Å². The summed E-state index contributed by atoms with van der Waals surface area (Å²) in [5, 5.41) is 10.2. The van der Waals surface area contributed by atoms with Crippen LogP contribution in [0, 0.1) is 0 Å². The van der Waals surface area contributed by atoms with Gasteiger partial charge >= 0.3 is 17.9 Å². The molecule has 0 radical (unpaired) electrons. The maximum atomic E-state index is 13.9. The molecule has 390 valence electrons. The lowest BCUT2D eigenvalue weighted by atomic mass is 10.0. The predicted molar refractivity (Wildman–Crippen MR) is 279 cm³/mol. The minimum absolute atomic E-state index is 0.100. The molecule has 0 aromatic rings. The van der Waals surface area contributed by atoms with Gasteiger partial charge in [-0.2, -0.15) is 0 Å². The number of rotatable bonds is 46. The molecule has 1 N–H and O–H groups in total. The van der Waals surface area contributed by atoms with Crippen molar-refractivity contribution in [1.82, 2.24) is 14.7 Å². The first kappa shape index (κ1) is 62.6. The largest absolute Gasteiger partial charge is 0.463 e. The van der Waals surface area contributed by atoms with Gasteiger partial charge in [-0.1, -0.05) is 169 Å². The van der Waals surface area contributed by atoms with Crippen LogP contribution in [0.1, 0.15) is 241 Å². The minimum atomic E-state index is -1.10. The summed E-state index contributed by atoms with van der Waals surface area (Å²) in [6.07, 6.45) is 31.0. The Morgan fingerprint density at radius 1 is 0.576 bits per heavy atom. The third-order valence-electron chi connectivity index (χ3n) is 13.4. The maximum absolute atomic E-state index is 13.9. The molecular weight excluding hydrogens is 847 g/mol. The fraction of sp³-hybridized carbons (Fsp3) is 0.945. The van der Waals surface area contributed by atoms with Crippen molar-refractivity contribution in [2.24, 2.45) is 0 Å². The van der Waals surface area contributed by atoms with Crippen LogP contribution in [0.2, 0.25) is 0 Å². The zero-order valence-electron chi connectivity index (χ0n) is 44.3. The molecule has 11 heteroatoms. The van der Waals surface area contributed by atoms with Crippen molar-refractivity contribution in [1.29, 1.82) is 0 Å². The quantitative estimate of drug-likeness (QED) is 0.0358. The average molecular weight is 955 g/mol. The maximum Gasteiger partial charge on any atom is 0.348 e. The van der Waals surface area contributed by atoms with Crippen LogP contribution in [0.5, 0.6) is 0 Å². The molecule has 1 fully saturated rings. The zero-order chi connectivity index (χ0) is 48.5. The summed E-state index contributed by atoms with van der Waals surface area (Å²) in [4.78, 5) is 48.8. The summed E-state index contributed by atoms with van der Waals surface area (Å²) < 4.78 is 18.2. The van der Waals surface area contributed by atoms with Crippen LogP contribution in [0.25, 0.3) is 0 Å². The van der Waals surface area contributed by atoms with Crippen molar-refractivity contribution in [3.05, 3.63) is 0 Å². The summed E-state index contributed by atoms with van der Waals surface area (Å²) in [6, 6.07) is 0. The van der Waals surface area contributed by atoms with Crippen molar-refractivity contribution in [2.75, 3.05) is 66.0 Å². The summed E-state index contributed by atoms with van der Waals surface area (Å²) in [5.41, 5.74) is 0. The van der Waals surface area contributed by atoms with Crippen LogP contribution in [0.15, 0.2) is 0 Å². The van der Waals surface area contributed by atoms with Crippen molar-refractivity contribution >= 4 is 29.7 Å². The fourth-order valence-corrected chi connectivity index (χ4v) is 10.3. The molecule has 0 aromatic carbocycles. The van der Waals surface area contributed by atoms with Gasteiger partial charge in [0.25, 0.3) is 0 Å². The molecule has 66 heavy (non-hydrogen) atoms. The van der Waals surface area contributed by atoms with Gasteiger partial charge in [0.2, 0.25) is 6.10 Å². The number of piperazine rings is 1. The van der Waals surface area contributed by atoms with Crippen molar-refractivity contribution in [3.8, 4) is 0 Å². The van der Waals surface area contributed by atoms with Crippen LogP contribution >= 0.6 is 11.8 Å². The summed E-state index contributed by atoms with van der Waals surface area (Å²) in [6.45, 7) is 20.5. The zero-order valence-corrected chi connectivity index (χ0v) is 45.1. The second kappa shape index (κ2) is 43.6. The number of hydrogen-bond donors (Lipinski definition) is 1. The SMILES string of the molecule is CCCCCCCCC(O)CN(CCCC(=O)OC(C(=O)OCCC)C(CCCCCCC)SC(C)C(=O)OC(CCCCCCCC)CCCCCCCC)CCCN1CCN(C)CC1. The number of carbonyl (C=O) groups is 3. The molecule has 0 saturated carbocycles. The van der Waals surface area contributed by atoms with Gasteiger partial charge in [-0.25, -0.2) is 4.79 Å². The first-order valence-corrected chi connectivity index (χ1v) is 29.1. The monoisotopic (exact) mass is 954 g/mol. The Bertz CT molecular complexity index is 1130. The second-order valence-electron chi connectivity index (χ2n) is 19.9. The van der Waals surface area contributed by atoms with Crippen LogP contribution < -0.4 is 0 Å². The summed E-state index contributed by atoms with van der Waals surface area (Å²) in [7, 11) is 2.18. The van der Waals surface area contributed by atoms with Gasteiger partial charge in [0.05, 0.1) is 18.0 Å². The smallest absolute Gasteiger partial charge is 0.348 e. The van der Waals surface area contributed by atoms with E-state index in [0.29, 0.717) is 32.4 Å². The van der Waals surface area contributed by atoms with Gasteiger partial charge in [0.1, 0.15) is 11.4 Å². The van der Waals surface area contributed by atoms with Gasteiger partial charge in [-0.15, -0.1) is 11.8 Å². The molecule has 0 spiro atoms. The van der Waals surface area contributed by atoms with E-state index < -0.39 is 34.6 Å². The van der Waals surface area contributed by atoms with Crippen LogP contribution in [0.3, 0.4) is 0 Å². The number of carbonyl (C=O) groups excluding carboxylic acids is 3. The first-order chi connectivity index (χ1) is 32.1. The standard InChI is InChI=1S/C55H107N3O7S/c1-8-13-17-21-25-28-34-49(59)47-58(41-33-40-57-44-42-56(7)43-45-57)39-32-38-52(60)65-53(55(62)63-46-12-5)51(37-31-24-20-16-11-4)66-48(6)54(61)64-50(35-29-26-22-18-14-9-2)36-30-27-23-19-15-10-3/h48-51,53,59H,8-47H2,1-7H3. The Balaban J connectivity index is 3.08. The lowest BCUT2D eigenvalue weighted by Crippen LogP contribution is -2.45. The Morgan fingerprint density at radius 3 is 1.59 bits per heavy atom. The van der Waals surface area contributed by atoms with Crippen molar-refractivity contribution in [3.63, 3.8) is 0 Å². The molecule has 1 heterocycles. The number of unbranched alkanes of at least 4 members (excludes halogenated alkanes) is 19. The molecule has 4 unspecified atom stereocenters. The molecule has 0 aliphatic carbocycles. The number of likely N-dealkylation sites (N-methyl/N-ethyl adjacent to an activating group) is 1. The average Bonchev–Trinajstić information content (AvgIpc) is 3.30. The number of hydrogen-bond acceptors (Lipinski definition) is 11. The van der Waals surface area contributed by atoms with Crippen LogP contribution in [-0.4, -0.2) is 133 Å². The molecule has 0 aromatic heterocycles. The molecule has 0 bridgehead atoms. The second-order valence-corrected chi connectivity index (χ2v) is 21.5. The van der Waals surface area contributed by atoms with E-state index in [9.17, 15) is 19.5 Å². The highest BCUT2D eigenvalue weighted by atomic mass is 32.2. The van der Waals surface area contributed by atoms with E-state index in [1.54, 1.807) is 0 Å². The van der Waals surface area contributed by atoms with E-state index in [0.717, 1.165) is 136 Å². The lowest BCUT2D eigenvalue weighted by molar-refractivity contribution is -0.168. The van der Waals surface area contributed by atoms with Gasteiger partial charge in [0.15, 0.2) is 0 Å². The molecule has 4 atom stereocenters. The van der Waals surface area contributed by atoms with Crippen molar-refractivity contribution < 1.29 is 33.7 Å². The first-order valence-electron chi connectivity index (χ1n) is 28.1. The Morgan fingerprint density at radius 2 is 1.06 bits per heavy atom. The van der Waals surface area contributed by atoms with E-state index in [-0.39, 0.29) is 25.1 Å². The Labute approximate surface area is 411 Å².